The standard InChI is InChI=1S/C31H30Cl2N2O4/c32-27-15-12-24(19-28(27)33)26(18-20-6-8-22(9-7-20)21-4-2-1-3-5-21)31(39)35-25-13-10-23(11-14-25)30(38)34-17-16-29(36)37/h4,6-15,19,26H,1-3,5,16-18H2,(H,34,38)(H,35,39)(H,36,37). The summed E-state index contributed by atoms with van der Waals surface area (Å²) in [5, 5.41) is 15.0. The summed E-state index contributed by atoms with van der Waals surface area (Å²) in [5.74, 6) is -2.11. The van der Waals surface area contributed by atoms with Crippen molar-refractivity contribution in [2.45, 2.75) is 44.4 Å². The Hall–Kier alpha value is -3.61. The summed E-state index contributed by atoms with van der Waals surface area (Å²) in [6.45, 7) is 0.0383. The van der Waals surface area contributed by atoms with Crippen LogP contribution in [0, 0.1) is 0 Å². The van der Waals surface area contributed by atoms with Gasteiger partial charge in [0.1, 0.15) is 0 Å². The molecule has 6 nitrogen and oxygen atoms in total. The number of allylic oxidation sites excluding steroid dienone is 2. The monoisotopic (exact) mass is 564 g/mol. The van der Waals surface area contributed by atoms with Gasteiger partial charge < -0.3 is 15.7 Å². The number of carbonyl (C=O) groups excluding carboxylic acids is 2. The van der Waals surface area contributed by atoms with Gasteiger partial charge in [-0.15, -0.1) is 0 Å². The average molecular weight is 565 g/mol. The fourth-order valence-electron chi connectivity index (χ4n) is 4.60. The second-order valence-corrected chi connectivity index (χ2v) is 10.4. The van der Waals surface area contributed by atoms with Crippen LogP contribution in [0.15, 0.2) is 72.8 Å². The van der Waals surface area contributed by atoms with Crippen molar-refractivity contribution >= 4 is 52.2 Å². The van der Waals surface area contributed by atoms with E-state index in [4.69, 9.17) is 28.3 Å². The molecule has 8 heteroatoms. The van der Waals surface area contributed by atoms with Gasteiger partial charge in [-0.1, -0.05) is 59.6 Å². The SMILES string of the molecule is O=C(O)CCNC(=O)c1ccc(NC(=O)C(Cc2ccc(C3=CCCCC3)cc2)c2ccc(Cl)c(Cl)c2)cc1. The third-order valence-electron chi connectivity index (χ3n) is 6.76. The third-order valence-corrected chi connectivity index (χ3v) is 7.50. The maximum atomic E-state index is 13.5. The Bertz CT molecular complexity index is 1370. The summed E-state index contributed by atoms with van der Waals surface area (Å²) in [7, 11) is 0. The lowest BCUT2D eigenvalue weighted by Crippen LogP contribution is -2.26. The lowest BCUT2D eigenvalue weighted by Gasteiger charge is -2.19. The van der Waals surface area contributed by atoms with Crippen molar-refractivity contribution < 1.29 is 19.5 Å². The Labute approximate surface area is 238 Å². The van der Waals surface area contributed by atoms with Crippen LogP contribution in [0.5, 0.6) is 0 Å². The molecule has 0 saturated heterocycles. The molecule has 3 aromatic carbocycles. The molecule has 202 valence electrons. The van der Waals surface area contributed by atoms with Gasteiger partial charge in [-0.2, -0.15) is 0 Å². The Morgan fingerprint density at radius 1 is 0.897 bits per heavy atom. The number of carboxylic acid groups (broad SMARTS) is 1. The van der Waals surface area contributed by atoms with Crippen LogP contribution in [-0.2, 0) is 16.0 Å². The van der Waals surface area contributed by atoms with Gasteiger partial charge in [0, 0.05) is 17.8 Å². The molecular weight excluding hydrogens is 535 g/mol. The van der Waals surface area contributed by atoms with Crippen LogP contribution in [0.2, 0.25) is 10.0 Å². The highest BCUT2D eigenvalue weighted by Gasteiger charge is 2.23. The second-order valence-electron chi connectivity index (χ2n) is 9.57. The molecule has 0 bridgehead atoms. The van der Waals surface area contributed by atoms with E-state index in [2.05, 4.69) is 41.0 Å². The van der Waals surface area contributed by atoms with E-state index in [1.54, 1.807) is 36.4 Å². The van der Waals surface area contributed by atoms with Crippen LogP contribution in [0.3, 0.4) is 0 Å². The average Bonchev–Trinajstić information content (AvgIpc) is 2.94. The minimum atomic E-state index is -0.984. The fourth-order valence-corrected chi connectivity index (χ4v) is 4.91. The van der Waals surface area contributed by atoms with E-state index in [1.807, 2.05) is 6.07 Å². The highest BCUT2D eigenvalue weighted by Crippen LogP contribution is 2.31. The van der Waals surface area contributed by atoms with Crippen LogP contribution in [0.1, 0.15) is 65.1 Å². The Kier molecular flexibility index (Phi) is 9.79. The molecule has 0 saturated carbocycles. The maximum Gasteiger partial charge on any atom is 0.305 e. The molecule has 4 rings (SSSR count). The number of benzene rings is 3. The highest BCUT2D eigenvalue weighted by molar-refractivity contribution is 6.42. The molecule has 1 aliphatic carbocycles. The van der Waals surface area contributed by atoms with Gasteiger partial charge in [-0.25, -0.2) is 0 Å². The van der Waals surface area contributed by atoms with Crippen molar-refractivity contribution in [1.29, 1.82) is 0 Å². The second kappa shape index (κ2) is 13.5. The maximum absolute atomic E-state index is 13.5. The Morgan fingerprint density at radius 2 is 1.64 bits per heavy atom. The molecule has 0 fully saturated rings. The number of amides is 2. The first kappa shape index (κ1) is 28.4. The molecule has 1 unspecified atom stereocenters. The molecule has 3 aromatic rings. The lowest BCUT2D eigenvalue weighted by molar-refractivity contribution is -0.136. The van der Waals surface area contributed by atoms with Gasteiger partial charge in [0.25, 0.3) is 5.91 Å². The number of anilines is 1. The number of carbonyl (C=O) groups is 3. The summed E-state index contributed by atoms with van der Waals surface area (Å²) >= 11 is 12.4. The molecule has 1 aliphatic rings. The van der Waals surface area contributed by atoms with E-state index < -0.39 is 11.9 Å². The van der Waals surface area contributed by atoms with Gasteiger partial charge in [0.05, 0.1) is 22.4 Å². The van der Waals surface area contributed by atoms with Gasteiger partial charge in [-0.3, -0.25) is 14.4 Å². The van der Waals surface area contributed by atoms with E-state index in [9.17, 15) is 14.4 Å². The van der Waals surface area contributed by atoms with Crippen molar-refractivity contribution in [3.05, 3.63) is 105 Å². The third kappa shape index (κ3) is 7.94. The highest BCUT2D eigenvalue weighted by atomic mass is 35.5. The molecule has 1 atom stereocenters. The predicted molar refractivity (Wildman–Crippen MR) is 155 cm³/mol. The summed E-state index contributed by atoms with van der Waals surface area (Å²) in [4.78, 5) is 36.4. The van der Waals surface area contributed by atoms with E-state index in [-0.39, 0.29) is 24.8 Å². The first-order valence-corrected chi connectivity index (χ1v) is 13.7. The fraction of sp³-hybridized carbons (Fsp3) is 0.258. The first-order valence-electron chi connectivity index (χ1n) is 12.9. The van der Waals surface area contributed by atoms with Crippen LogP contribution >= 0.6 is 23.2 Å². The lowest BCUT2D eigenvalue weighted by atomic mass is 9.89. The summed E-state index contributed by atoms with van der Waals surface area (Å²) in [6.07, 6.45) is 7.29. The van der Waals surface area contributed by atoms with E-state index in [0.717, 1.165) is 24.0 Å². The zero-order chi connectivity index (χ0) is 27.8. The van der Waals surface area contributed by atoms with Crippen molar-refractivity contribution in [1.82, 2.24) is 5.32 Å². The number of nitrogens with one attached hydrogen (secondary N) is 2. The molecule has 0 aromatic heterocycles. The summed E-state index contributed by atoms with van der Waals surface area (Å²) in [5.41, 5.74) is 5.27. The van der Waals surface area contributed by atoms with Crippen LogP contribution in [0.25, 0.3) is 5.57 Å². The Morgan fingerprint density at radius 3 is 2.28 bits per heavy atom. The minimum absolute atomic E-state index is 0.0383. The van der Waals surface area contributed by atoms with E-state index in [1.165, 1.54) is 24.0 Å². The predicted octanol–water partition coefficient (Wildman–Crippen LogP) is 7.12. The normalized spacial score (nSPS) is 13.7. The molecule has 3 N–H and O–H groups in total. The molecule has 2 amide bonds. The minimum Gasteiger partial charge on any atom is -0.481 e. The number of halogens is 2. The number of aliphatic carboxylic acids is 1. The molecule has 0 radical (unpaired) electrons. The van der Waals surface area contributed by atoms with Crippen molar-refractivity contribution in [2.24, 2.45) is 0 Å². The van der Waals surface area contributed by atoms with Gasteiger partial charge in [-0.05, 0) is 90.8 Å². The smallest absolute Gasteiger partial charge is 0.305 e. The number of hydrogen-bond donors (Lipinski definition) is 3. The number of carboxylic acids is 1. The Balaban J connectivity index is 1.49. The van der Waals surface area contributed by atoms with E-state index >= 15 is 0 Å². The van der Waals surface area contributed by atoms with Gasteiger partial charge in [0.15, 0.2) is 0 Å². The van der Waals surface area contributed by atoms with Gasteiger partial charge in [0.2, 0.25) is 5.91 Å². The van der Waals surface area contributed by atoms with Gasteiger partial charge >= 0.3 is 5.97 Å². The first-order chi connectivity index (χ1) is 18.8. The topological polar surface area (TPSA) is 95.5 Å². The quantitative estimate of drug-likeness (QED) is 0.244. The molecule has 0 spiro atoms. The zero-order valence-electron chi connectivity index (χ0n) is 21.4. The van der Waals surface area contributed by atoms with Crippen molar-refractivity contribution in [2.75, 3.05) is 11.9 Å². The molecule has 39 heavy (non-hydrogen) atoms. The number of hydrogen-bond acceptors (Lipinski definition) is 3. The summed E-state index contributed by atoms with van der Waals surface area (Å²) in [6, 6.07) is 20.1. The largest absolute Gasteiger partial charge is 0.481 e. The zero-order valence-corrected chi connectivity index (χ0v) is 22.9. The van der Waals surface area contributed by atoms with Crippen molar-refractivity contribution in [3.8, 4) is 0 Å². The van der Waals surface area contributed by atoms with Crippen molar-refractivity contribution in [3.63, 3.8) is 0 Å². The molecule has 0 heterocycles. The molecule has 0 aliphatic heterocycles. The van der Waals surface area contributed by atoms with Crippen LogP contribution < -0.4 is 10.6 Å². The number of rotatable bonds is 10. The van der Waals surface area contributed by atoms with Crippen LogP contribution in [0.4, 0.5) is 5.69 Å². The summed E-state index contributed by atoms with van der Waals surface area (Å²) < 4.78 is 0. The van der Waals surface area contributed by atoms with Crippen LogP contribution in [-0.4, -0.2) is 29.4 Å². The van der Waals surface area contributed by atoms with E-state index in [0.29, 0.717) is 27.7 Å². The molecular formula is C31H30Cl2N2O4.